The molecule has 8 heteroatoms. The van der Waals surface area contributed by atoms with Crippen LogP contribution in [0.25, 0.3) is 0 Å². The number of nitrogens with one attached hydrogen (secondary N) is 2. The van der Waals surface area contributed by atoms with Gasteiger partial charge in [-0.05, 0) is 42.5 Å². The van der Waals surface area contributed by atoms with E-state index < -0.39 is 4.92 Å². The Morgan fingerprint density at radius 1 is 1.19 bits per heavy atom. The van der Waals surface area contributed by atoms with Crippen molar-refractivity contribution in [2.75, 3.05) is 10.6 Å². The Hall–Kier alpha value is -2.25. The fourth-order valence-corrected chi connectivity index (χ4v) is 1.99. The summed E-state index contributed by atoms with van der Waals surface area (Å²) in [5.41, 5.74) is 0.928. The van der Waals surface area contributed by atoms with Crippen LogP contribution in [0.15, 0.2) is 42.5 Å². The lowest BCUT2D eigenvalue weighted by Gasteiger charge is -2.11. The highest BCUT2D eigenvalue weighted by Crippen LogP contribution is 2.26. The zero-order valence-electron chi connectivity index (χ0n) is 10.5. The van der Waals surface area contributed by atoms with E-state index >= 15 is 0 Å². The number of hydrogen-bond acceptors (Lipinski definition) is 3. The maximum atomic E-state index is 12.8. The molecule has 2 N–H and O–H groups in total. The van der Waals surface area contributed by atoms with Crippen molar-refractivity contribution in [1.29, 1.82) is 0 Å². The van der Waals surface area contributed by atoms with Gasteiger partial charge in [0.1, 0.15) is 5.82 Å². The largest absolute Gasteiger partial charge is 0.332 e. The summed E-state index contributed by atoms with van der Waals surface area (Å²) in [6.45, 7) is 0. The summed E-state index contributed by atoms with van der Waals surface area (Å²) in [4.78, 5) is 10.1. The number of anilines is 2. The predicted octanol–water partition coefficient (Wildman–Crippen LogP) is 4.20. The molecule has 2 rings (SSSR count). The average molecular weight is 326 g/mol. The zero-order valence-corrected chi connectivity index (χ0v) is 12.0. The van der Waals surface area contributed by atoms with Crippen LogP contribution in [0.3, 0.4) is 0 Å². The van der Waals surface area contributed by atoms with Crippen molar-refractivity contribution < 1.29 is 9.31 Å². The molecule has 0 aliphatic carbocycles. The lowest BCUT2D eigenvalue weighted by molar-refractivity contribution is -0.384. The molecule has 21 heavy (non-hydrogen) atoms. The number of benzene rings is 2. The summed E-state index contributed by atoms with van der Waals surface area (Å²) in [5.74, 6) is -0.349. The zero-order chi connectivity index (χ0) is 15.4. The number of nitrogens with zero attached hydrogens (tertiary/aromatic N) is 1. The number of hydrogen-bond donors (Lipinski definition) is 2. The third kappa shape index (κ3) is 4.11. The highest BCUT2D eigenvalue weighted by Gasteiger charge is 2.10. The Balaban J connectivity index is 2.06. The normalized spacial score (nSPS) is 10.0. The molecule has 0 saturated carbocycles. The minimum Gasteiger partial charge on any atom is -0.332 e. The van der Waals surface area contributed by atoms with Crippen LogP contribution in [-0.2, 0) is 0 Å². The first-order chi connectivity index (χ1) is 9.95. The molecule has 2 aromatic carbocycles. The van der Waals surface area contributed by atoms with Crippen LogP contribution in [-0.4, -0.2) is 10.0 Å². The smallest absolute Gasteiger partial charge is 0.271 e. The van der Waals surface area contributed by atoms with Crippen LogP contribution >= 0.6 is 23.8 Å². The highest BCUT2D eigenvalue weighted by molar-refractivity contribution is 7.80. The van der Waals surface area contributed by atoms with E-state index in [2.05, 4.69) is 10.6 Å². The molecule has 0 fully saturated rings. The van der Waals surface area contributed by atoms with Gasteiger partial charge in [-0.1, -0.05) is 11.6 Å². The molecular weight excluding hydrogens is 317 g/mol. The molecule has 0 bridgehead atoms. The van der Waals surface area contributed by atoms with Crippen molar-refractivity contribution >= 4 is 46.0 Å². The molecular formula is C13H9ClFN3O2S. The number of rotatable bonds is 3. The quantitative estimate of drug-likeness (QED) is 0.503. The van der Waals surface area contributed by atoms with Crippen LogP contribution < -0.4 is 10.6 Å². The molecule has 0 amide bonds. The molecule has 0 spiro atoms. The maximum Gasteiger partial charge on any atom is 0.271 e. The van der Waals surface area contributed by atoms with Crippen LogP contribution in [0, 0.1) is 15.9 Å². The maximum absolute atomic E-state index is 12.8. The van der Waals surface area contributed by atoms with Crippen LogP contribution in [0.5, 0.6) is 0 Å². The molecule has 0 heterocycles. The Morgan fingerprint density at radius 3 is 2.43 bits per heavy atom. The van der Waals surface area contributed by atoms with Gasteiger partial charge in [0, 0.05) is 17.8 Å². The molecule has 0 aliphatic heterocycles. The Bertz CT molecular complexity index is 694. The standard InChI is InChI=1S/C13H9ClFN3O2S/c14-11-7-10(18(19)20)5-6-12(11)17-13(21)16-9-3-1-8(15)2-4-9/h1-7H,(H2,16,17,21). The lowest BCUT2D eigenvalue weighted by atomic mass is 10.3. The summed E-state index contributed by atoms with van der Waals surface area (Å²) < 4.78 is 12.8. The first-order valence-electron chi connectivity index (χ1n) is 5.73. The topological polar surface area (TPSA) is 67.2 Å². The molecule has 0 aromatic heterocycles. The number of non-ortho nitro benzene ring substituents is 1. The number of nitro groups is 1. The molecule has 2 aromatic rings. The van der Waals surface area contributed by atoms with Gasteiger partial charge in [0.2, 0.25) is 0 Å². The van der Waals surface area contributed by atoms with E-state index in [1.807, 2.05) is 0 Å². The summed E-state index contributed by atoms with van der Waals surface area (Å²) in [7, 11) is 0. The van der Waals surface area contributed by atoms with E-state index in [4.69, 9.17) is 23.8 Å². The molecule has 108 valence electrons. The Morgan fingerprint density at radius 2 is 1.86 bits per heavy atom. The fourth-order valence-electron chi connectivity index (χ4n) is 1.54. The van der Waals surface area contributed by atoms with Gasteiger partial charge in [-0.25, -0.2) is 4.39 Å². The van der Waals surface area contributed by atoms with E-state index in [0.29, 0.717) is 11.4 Å². The molecule has 0 aliphatic rings. The van der Waals surface area contributed by atoms with E-state index in [0.717, 1.165) is 0 Å². The van der Waals surface area contributed by atoms with Gasteiger partial charge in [0.25, 0.3) is 5.69 Å². The molecule has 0 atom stereocenters. The summed E-state index contributed by atoms with van der Waals surface area (Å²) in [6, 6.07) is 9.65. The van der Waals surface area contributed by atoms with E-state index in [9.17, 15) is 14.5 Å². The lowest BCUT2D eigenvalue weighted by Crippen LogP contribution is -2.19. The predicted molar refractivity (Wildman–Crippen MR) is 84.3 cm³/mol. The summed E-state index contributed by atoms with van der Waals surface area (Å²) in [5, 5.41) is 16.7. The van der Waals surface area contributed by atoms with Gasteiger partial charge < -0.3 is 10.6 Å². The third-order valence-corrected chi connectivity index (χ3v) is 3.03. The van der Waals surface area contributed by atoms with E-state index in [1.165, 1.54) is 42.5 Å². The van der Waals surface area contributed by atoms with Crippen molar-refractivity contribution in [1.82, 2.24) is 0 Å². The summed E-state index contributed by atoms with van der Waals surface area (Å²) >= 11 is 11.0. The van der Waals surface area contributed by atoms with Gasteiger partial charge in [-0.15, -0.1) is 0 Å². The average Bonchev–Trinajstić information content (AvgIpc) is 2.43. The number of thiocarbonyl (C=S) groups is 1. The highest BCUT2D eigenvalue weighted by atomic mass is 35.5. The van der Waals surface area contributed by atoms with Gasteiger partial charge in [0.15, 0.2) is 5.11 Å². The van der Waals surface area contributed by atoms with Crippen LogP contribution in [0.4, 0.5) is 21.5 Å². The first-order valence-corrected chi connectivity index (χ1v) is 6.52. The Kier molecular flexibility index (Phi) is 4.66. The van der Waals surface area contributed by atoms with Gasteiger partial charge >= 0.3 is 0 Å². The summed E-state index contributed by atoms with van der Waals surface area (Å²) in [6.07, 6.45) is 0. The van der Waals surface area contributed by atoms with Crippen molar-refractivity contribution in [2.24, 2.45) is 0 Å². The second-order valence-corrected chi connectivity index (χ2v) is 4.82. The Labute approximate surface area is 129 Å². The second kappa shape index (κ2) is 6.47. The second-order valence-electron chi connectivity index (χ2n) is 4.01. The van der Waals surface area contributed by atoms with Crippen molar-refractivity contribution in [3.8, 4) is 0 Å². The molecule has 5 nitrogen and oxygen atoms in total. The van der Waals surface area contributed by atoms with Gasteiger partial charge in [-0.3, -0.25) is 10.1 Å². The van der Waals surface area contributed by atoms with E-state index in [-0.39, 0.29) is 21.6 Å². The molecule has 0 radical (unpaired) electrons. The van der Waals surface area contributed by atoms with Gasteiger partial charge in [-0.2, -0.15) is 0 Å². The fraction of sp³-hybridized carbons (Fsp3) is 0. The first kappa shape index (κ1) is 15.1. The number of halogens is 2. The van der Waals surface area contributed by atoms with Crippen molar-refractivity contribution in [2.45, 2.75) is 0 Å². The molecule has 0 saturated heterocycles. The van der Waals surface area contributed by atoms with Crippen LogP contribution in [0.2, 0.25) is 5.02 Å². The SMILES string of the molecule is O=[N+]([O-])c1ccc(NC(=S)Nc2ccc(F)cc2)c(Cl)c1. The molecule has 0 unspecified atom stereocenters. The van der Waals surface area contributed by atoms with E-state index in [1.54, 1.807) is 0 Å². The monoisotopic (exact) mass is 325 g/mol. The minimum absolute atomic E-state index is 0.108. The minimum atomic E-state index is -0.537. The number of nitro benzene ring substituents is 1. The third-order valence-electron chi connectivity index (χ3n) is 2.51. The van der Waals surface area contributed by atoms with Crippen LogP contribution in [0.1, 0.15) is 0 Å². The van der Waals surface area contributed by atoms with Crippen molar-refractivity contribution in [3.63, 3.8) is 0 Å². The van der Waals surface area contributed by atoms with Crippen molar-refractivity contribution in [3.05, 3.63) is 63.4 Å². The van der Waals surface area contributed by atoms with Gasteiger partial charge in [0.05, 0.1) is 15.6 Å².